The van der Waals surface area contributed by atoms with Crippen LogP contribution in [0.1, 0.15) is 30.1 Å². The van der Waals surface area contributed by atoms with Crippen LogP contribution in [0.25, 0.3) is 0 Å². The molecule has 0 aromatic carbocycles. The second-order valence-corrected chi connectivity index (χ2v) is 3.91. The first-order valence-corrected chi connectivity index (χ1v) is 5.35. The molecule has 1 aliphatic rings. The summed E-state index contributed by atoms with van der Waals surface area (Å²) in [7, 11) is 0. The van der Waals surface area contributed by atoms with Crippen molar-refractivity contribution in [1.29, 1.82) is 0 Å². The van der Waals surface area contributed by atoms with Crippen molar-refractivity contribution in [2.24, 2.45) is 0 Å². The molecule has 86 valence electrons. The van der Waals surface area contributed by atoms with Crippen LogP contribution in [0, 0.1) is 5.82 Å². The molecule has 0 aliphatic heterocycles. The maximum atomic E-state index is 13.0. The van der Waals surface area contributed by atoms with Crippen LogP contribution >= 0.6 is 0 Å². The van der Waals surface area contributed by atoms with E-state index in [0.717, 1.165) is 25.1 Å². The molecule has 1 saturated carbocycles. The van der Waals surface area contributed by atoms with Gasteiger partial charge in [0.2, 0.25) is 0 Å². The molecule has 0 spiro atoms. The number of nitrogens with zero attached hydrogens (tertiary/aromatic N) is 2. The van der Waals surface area contributed by atoms with E-state index in [9.17, 15) is 9.18 Å². The summed E-state index contributed by atoms with van der Waals surface area (Å²) in [6.07, 6.45) is 3.05. The molecule has 16 heavy (non-hydrogen) atoms. The van der Waals surface area contributed by atoms with Crippen LogP contribution in [0.5, 0.6) is 0 Å². The first kappa shape index (κ1) is 10.9. The Hall–Kier alpha value is -1.65. The Morgan fingerprint density at radius 1 is 1.69 bits per heavy atom. The van der Waals surface area contributed by atoms with Crippen LogP contribution in [0.3, 0.4) is 0 Å². The Morgan fingerprint density at radius 2 is 2.38 bits per heavy atom. The maximum Gasteiger partial charge on any atom is 0.257 e. The highest BCUT2D eigenvalue weighted by atomic mass is 19.1. The highest BCUT2D eigenvalue weighted by molar-refractivity contribution is 5.98. The van der Waals surface area contributed by atoms with Gasteiger partial charge >= 0.3 is 0 Å². The third-order valence-electron chi connectivity index (χ3n) is 2.70. The van der Waals surface area contributed by atoms with Gasteiger partial charge in [-0.1, -0.05) is 0 Å². The van der Waals surface area contributed by atoms with E-state index in [2.05, 4.69) is 4.98 Å². The molecule has 0 unspecified atom stereocenters. The van der Waals surface area contributed by atoms with E-state index in [4.69, 9.17) is 5.73 Å². The van der Waals surface area contributed by atoms with Crippen molar-refractivity contribution in [3.63, 3.8) is 0 Å². The number of rotatable bonds is 3. The van der Waals surface area contributed by atoms with Gasteiger partial charge in [-0.3, -0.25) is 4.79 Å². The van der Waals surface area contributed by atoms with Gasteiger partial charge in [-0.05, 0) is 25.8 Å². The van der Waals surface area contributed by atoms with Crippen molar-refractivity contribution in [1.82, 2.24) is 9.88 Å². The first-order chi connectivity index (χ1) is 7.63. The number of halogens is 1. The fourth-order valence-corrected chi connectivity index (χ4v) is 1.73. The fraction of sp³-hybridized carbons (Fsp3) is 0.455. The number of hydrogen-bond acceptors (Lipinski definition) is 3. The van der Waals surface area contributed by atoms with Crippen LogP contribution in [0.2, 0.25) is 0 Å². The lowest BCUT2D eigenvalue weighted by molar-refractivity contribution is 0.0753. The van der Waals surface area contributed by atoms with E-state index in [1.165, 1.54) is 0 Å². The molecular weight excluding hydrogens is 209 g/mol. The van der Waals surface area contributed by atoms with E-state index in [1.807, 2.05) is 6.92 Å². The van der Waals surface area contributed by atoms with Gasteiger partial charge < -0.3 is 10.6 Å². The van der Waals surface area contributed by atoms with E-state index in [-0.39, 0.29) is 17.3 Å². The molecule has 1 amide bonds. The van der Waals surface area contributed by atoms with Crippen molar-refractivity contribution in [3.05, 3.63) is 23.6 Å². The monoisotopic (exact) mass is 223 g/mol. The van der Waals surface area contributed by atoms with Gasteiger partial charge in [0, 0.05) is 12.6 Å². The topological polar surface area (TPSA) is 59.2 Å². The van der Waals surface area contributed by atoms with Gasteiger partial charge in [-0.15, -0.1) is 0 Å². The molecule has 0 atom stereocenters. The predicted octanol–water partition coefficient (Wildman–Crippen LogP) is 1.43. The van der Waals surface area contributed by atoms with Gasteiger partial charge in [0.05, 0.1) is 11.8 Å². The minimum atomic E-state index is -0.538. The molecule has 0 radical (unpaired) electrons. The summed E-state index contributed by atoms with van der Waals surface area (Å²) in [6, 6.07) is 1.44. The second-order valence-electron chi connectivity index (χ2n) is 3.91. The molecule has 0 saturated heterocycles. The molecule has 1 heterocycles. The smallest absolute Gasteiger partial charge is 0.257 e. The SMILES string of the molecule is CCN(C(=O)c1cc(F)cnc1N)C1CC1. The Balaban J connectivity index is 2.28. The van der Waals surface area contributed by atoms with Gasteiger partial charge in [0.15, 0.2) is 0 Å². The number of amides is 1. The molecular formula is C11H14FN3O. The molecule has 0 bridgehead atoms. The van der Waals surface area contributed by atoms with Gasteiger partial charge in [0.1, 0.15) is 11.6 Å². The van der Waals surface area contributed by atoms with Crippen molar-refractivity contribution in [2.45, 2.75) is 25.8 Å². The summed E-state index contributed by atoms with van der Waals surface area (Å²) in [5, 5.41) is 0. The summed E-state index contributed by atoms with van der Waals surface area (Å²) in [5.74, 6) is -0.676. The van der Waals surface area contributed by atoms with Crippen LogP contribution < -0.4 is 5.73 Å². The molecule has 1 aromatic rings. The number of aromatic nitrogens is 1. The highest BCUT2D eigenvalue weighted by Gasteiger charge is 2.32. The first-order valence-electron chi connectivity index (χ1n) is 5.35. The van der Waals surface area contributed by atoms with Crippen molar-refractivity contribution in [3.8, 4) is 0 Å². The zero-order valence-corrected chi connectivity index (χ0v) is 9.11. The lowest BCUT2D eigenvalue weighted by atomic mass is 10.2. The van der Waals surface area contributed by atoms with Crippen LogP contribution in [0.15, 0.2) is 12.3 Å². The normalized spacial score (nSPS) is 14.9. The number of pyridine rings is 1. The molecule has 4 nitrogen and oxygen atoms in total. The van der Waals surface area contributed by atoms with E-state index in [1.54, 1.807) is 4.90 Å². The second kappa shape index (κ2) is 4.08. The van der Waals surface area contributed by atoms with E-state index < -0.39 is 5.82 Å². The fourth-order valence-electron chi connectivity index (χ4n) is 1.73. The zero-order chi connectivity index (χ0) is 11.7. The van der Waals surface area contributed by atoms with Crippen molar-refractivity contribution < 1.29 is 9.18 Å². The van der Waals surface area contributed by atoms with Crippen molar-refractivity contribution in [2.75, 3.05) is 12.3 Å². The standard InChI is InChI=1S/C11H14FN3O/c1-2-15(8-3-4-8)11(16)9-5-7(12)6-14-10(9)13/h5-6,8H,2-4H2,1H3,(H2,13,14). The third-order valence-corrected chi connectivity index (χ3v) is 2.70. The molecule has 2 rings (SSSR count). The van der Waals surface area contributed by atoms with Crippen LogP contribution in [0.4, 0.5) is 10.2 Å². The minimum absolute atomic E-state index is 0.0884. The molecule has 1 aromatic heterocycles. The molecule has 2 N–H and O–H groups in total. The number of anilines is 1. The maximum absolute atomic E-state index is 13.0. The lowest BCUT2D eigenvalue weighted by Crippen LogP contribution is -2.33. The summed E-state index contributed by atoms with van der Waals surface area (Å²) in [4.78, 5) is 17.4. The Morgan fingerprint density at radius 3 is 2.94 bits per heavy atom. The number of hydrogen-bond donors (Lipinski definition) is 1. The summed E-state index contributed by atoms with van der Waals surface area (Å²) < 4.78 is 13.0. The van der Waals surface area contributed by atoms with Gasteiger partial charge in [-0.25, -0.2) is 9.37 Å². The zero-order valence-electron chi connectivity index (χ0n) is 9.11. The Kier molecular flexibility index (Phi) is 2.77. The van der Waals surface area contributed by atoms with E-state index in [0.29, 0.717) is 12.6 Å². The average molecular weight is 223 g/mol. The molecule has 5 heteroatoms. The predicted molar refractivity (Wildman–Crippen MR) is 58.3 cm³/mol. The highest BCUT2D eigenvalue weighted by Crippen LogP contribution is 2.28. The van der Waals surface area contributed by atoms with Crippen molar-refractivity contribution >= 4 is 11.7 Å². The largest absolute Gasteiger partial charge is 0.383 e. The number of carbonyl (C=O) groups is 1. The van der Waals surface area contributed by atoms with Gasteiger partial charge in [0.25, 0.3) is 5.91 Å². The van der Waals surface area contributed by atoms with Gasteiger partial charge in [-0.2, -0.15) is 0 Å². The quantitative estimate of drug-likeness (QED) is 0.843. The minimum Gasteiger partial charge on any atom is -0.383 e. The molecule has 1 aliphatic carbocycles. The Labute approximate surface area is 93.3 Å². The number of carbonyl (C=O) groups excluding carboxylic acids is 1. The van der Waals surface area contributed by atoms with E-state index >= 15 is 0 Å². The molecule has 1 fully saturated rings. The summed E-state index contributed by atoms with van der Waals surface area (Å²) in [5.41, 5.74) is 5.74. The van der Waals surface area contributed by atoms with Crippen LogP contribution in [-0.4, -0.2) is 28.4 Å². The number of nitrogen functional groups attached to an aromatic ring is 1. The average Bonchev–Trinajstić information content (AvgIpc) is 3.07. The third kappa shape index (κ3) is 1.98. The summed E-state index contributed by atoms with van der Waals surface area (Å²) >= 11 is 0. The lowest BCUT2D eigenvalue weighted by Gasteiger charge is -2.20. The summed E-state index contributed by atoms with van der Waals surface area (Å²) in [6.45, 7) is 2.51. The number of nitrogens with two attached hydrogens (primary N) is 1. The van der Waals surface area contributed by atoms with Crippen LogP contribution in [-0.2, 0) is 0 Å². The Bertz CT molecular complexity index is 418.